The van der Waals surface area contributed by atoms with Crippen molar-refractivity contribution >= 4 is 65.2 Å². The van der Waals surface area contributed by atoms with Crippen molar-refractivity contribution in [1.82, 2.24) is 9.13 Å². The Hall–Kier alpha value is -8.46. The van der Waals surface area contributed by atoms with Crippen LogP contribution in [0.25, 0.3) is 132 Å². The Morgan fingerprint density at radius 2 is 0.513 bits per heavy atom. The summed E-state index contributed by atoms with van der Waals surface area (Å²) in [6, 6.07) is 84.4. The lowest BCUT2D eigenvalue weighted by atomic mass is 9.81. The van der Waals surface area contributed by atoms with Gasteiger partial charge >= 0.3 is 0 Å². The van der Waals surface area contributed by atoms with Gasteiger partial charge in [0.25, 0.3) is 0 Å². The van der Waals surface area contributed by atoms with Gasteiger partial charge in [0.1, 0.15) is 0 Å². The highest BCUT2D eigenvalue weighted by atomic mass is 15.1. The Bertz CT molecular complexity index is 4390. The van der Waals surface area contributed by atoms with E-state index in [0.29, 0.717) is 0 Å². The Morgan fingerprint density at radius 3 is 0.882 bits per heavy atom. The first-order valence-corrected chi connectivity index (χ1v) is 27.1. The fraction of sp³-hybridized carbons (Fsp3) is 0.162. The van der Waals surface area contributed by atoms with Gasteiger partial charge in [-0.2, -0.15) is 0 Å². The summed E-state index contributed by atoms with van der Waals surface area (Å²) < 4.78 is 4.96. The smallest absolute Gasteiger partial charge is 0.0496 e. The number of aromatic nitrogens is 2. The SMILES string of the molecule is CC(C)(C)c1ccc2c(-c3ccc(-c4ccc(-c5ccc6c(c5)c5ccccc5n6C(C)(C)C)cc4)cc3)c3ccccc3c(-c3ccc(-c4ccc(-c5ccc6c(c5)c5ccccc5n6C(C)(C)C)cc4)cc3)c2c1. The standard InChI is InChI=1S/C74H64N2/c1-72(2,3)57-40-41-62-65(46-57)71(54-36-32-50(33-37-54)48-24-28-52(29-25-48)56-39-43-69-64(45-56)59-17-13-15-21-67(59)76(69)74(7,8)9)61-19-11-10-18-60(61)70(62)53-34-30-49(31-35-53)47-22-26-51(27-23-47)55-38-42-68-63(44-55)58-16-12-14-20-66(58)75(68)73(4,5)6/h10-46H,1-9H3. The number of rotatable bonds is 6. The normalized spacial score (nSPS) is 12.5. The van der Waals surface area contributed by atoms with Crippen LogP contribution in [-0.2, 0) is 16.5 Å². The molecule has 0 bridgehead atoms. The fourth-order valence-electron chi connectivity index (χ4n) is 12.4. The fourth-order valence-corrected chi connectivity index (χ4v) is 12.4. The van der Waals surface area contributed by atoms with Crippen molar-refractivity contribution in [2.45, 2.75) is 78.8 Å². The summed E-state index contributed by atoms with van der Waals surface area (Å²) in [4.78, 5) is 0. The third-order valence-corrected chi connectivity index (χ3v) is 16.0. The van der Waals surface area contributed by atoms with Crippen LogP contribution in [0.5, 0.6) is 0 Å². The molecule has 370 valence electrons. The number of benzene rings is 11. The predicted octanol–water partition coefficient (Wildman–Crippen LogP) is 21.0. The van der Waals surface area contributed by atoms with E-state index in [0.717, 1.165) is 0 Å². The first kappa shape index (κ1) is 47.3. The van der Waals surface area contributed by atoms with Crippen LogP contribution < -0.4 is 0 Å². The largest absolute Gasteiger partial charge is 0.335 e. The van der Waals surface area contributed by atoms with Crippen molar-refractivity contribution in [3.05, 3.63) is 230 Å². The summed E-state index contributed by atoms with van der Waals surface area (Å²) >= 11 is 0. The molecule has 0 aliphatic carbocycles. The van der Waals surface area contributed by atoms with E-state index >= 15 is 0 Å². The Labute approximate surface area is 447 Å². The highest BCUT2D eigenvalue weighted by Gasteiger charge is 2.24. The first-order valence-electron chi connectivity index (χ1n) is 27.1. The van der Waals surface area contributed by atoms with E-state index in [1.165, 1.54) is 137 Å². The molecule has 11 aromatic carbocycles. The number of para-hydroxylation sites is 2. The highest BCUT2D eigenvalue weighted by Crippen LogP contribution is 2.46. The summed E-state index contributed by atoms with van der Waals surface area (Å²) in [5.41, 5.74) is 21.1. The van der Waals surface area contributed by atoms with Crippen LogP contribution in [0.1, 0.15) is 67.9 Å². The molecular weight excluding hydrogens is 917 g/mol. The second-order valence-electron chi connectivity index (χ2n) is 24.1. The van der Waals surface area contributed by atoms with E-state index in [2.05, 4.69) is 296 Å². The Morgan fingerprint density at radius 1 is 0.224 bits per heavy atom. The molecule has 76 heavy (non-hydrogen) atoms. The molecule has 0 amide bonds. The molecule has 0 fully saturated rings. The van der Waals surface area contributed by atoms with Crippen molar-refractivity contribution in [2.75, 3.05) is 0 Å². The van der Waals surface area contributed by atoms with Gasteiger partial charge in [-0.3, -0.25) is 0 Å². The number of fused-ring (bicyclic) bond motifs is 8. The molecule has 2 heterocycles. The van der Waals surface area contributed by atoms with Crippen molar-refractivity contribution in [2.24, 2.45) is 0 Å². The predicted molar refractivity (Wildman–Crippen MR) is 329 cm³/mol. The second kappa shape index (κ2) is 17.6. The van der Waals surface area contributed by atoms with E-state index < -0.39 is 0 Å². The van der Waals surface area contributed by atoms with Crippen LogP contribution >= 0.6 is 0 Å². The van der Waals surface area contributed by atoms with E-state index in [1.807, 2.05) is 0 Å². The minimum atomic E-state index is -0.0294. The van der Waals surface area contributed by atoms with E-state index in [4.69, 9.17) is 0 Å². The second-order valence-corrected chi connectivity index (χ2v) is 24.1. The summed E-state index contributed by atoms with van der Waals surface area (Å²) in [6.45, 7) is 20.7. The average molecular weight is 981 g/mol. The number of hydrogen-bond acceptors (Lipinski definition) is 0. The lowest BCUT2D eigenvalue weighted by Crippen LogP contribution is -2.21. The quantitative estimate of drug-likeness (QED) is 0.147. The minimum Gasteiger partial charge on any atom is -0.335 e. The van der Waals surface area contributed by atoms with Gasteiger partial charge in [0.15, 0.2) is 0 Å². The maximum Gasteiger partial charge on any atom is 0.0496 e. The molecule has 2 nitrogen and oxygen atoms in total. The van der Waals surface area contributed by atoms with E-state index in [1.54, 1.807) is 0 Å². The molecule has 0 atom stereocenters. The first-order chi connectivity index (χ1) is 36.6. The number of nitrogens with zero attached hydrogens (tertiary/aromatic N) is 2. The highest BCUT2D eigenvalue weighted by molar-refractivity contribution is 6.22. The zero-order valence-electron chi connectivity index (χ0n) is 45.3. The Kier molecular flexibility index (Phi) is 10.9. The molecule has 2 heteroatoms. The van der Waals surface area contributed by atoms with Crippen molar-refractivity contribution < 1.29 is 0 Å². The van der Waals surface area contributed by atoms with Gasteiger partial charge in [-0.15, -0.1) is 0 Å². The van der Waals surface area contributed by atoms with Crippen molar-refractivity contribution in [3.8, 4) is 66.8 Å². The number of hydrogen-bond donors (Lipinski definition) is 0. The molecule has 0 saturated heterocycles. The van der Waals surface area contributed by atoms with Crippen molar-refractivity contribution in [3.63, 3.8) is 0 Å². The van der Waals surface area contributed by atoms with Crippen molar-refractivity contribution in [1.29, 1.82) is 0 Å². The zero-order valence-corrected chi connectivity index (χ0v) is 45.3. The maximum atomic E-state index is 2.48. The average Bonchev–Trinajstić information content (AvgIpc) is 4.05. The topological polar surface area (TPSA) is 9.86 Å². The molecule has 0 spiro atoms. The van der Waals surface area contributed by atoms with Crippen LogP contribution in [-0.4, -0.2) is 9.13 Å². The summed E-state index contributed by atoms with van der Waals surface area (Å²) in [6.07, 6.45) is 0. The van der Waals surface area contributed by atoms with Crippen LogP contribution in [0.2, 0.25) is 0 Å². The monoisotopic (exact) mass is 981 g/mol. The van der Waals surface area contributed by atoms with E-state index in [-0.39, 0.29) is 16.5 Å². The molecule has 13 aromatic rings. The lowest BCUT2D eigenvalue weighted by molar-refractivity contribution is 0.423. The summed E-state index contributed by atoms with van der Waals surface area (Å²) in [5.74, 6) is 0. The van der Waals surface area contributed by atoms with Crippen LogP contribution in [0, 0.1) is 0 Å². The molecule has 0 radical (unpaired) electrons. The van der Waals surface area contributed by atoms with Crippen LogP contribution in [0.3, 0.4) is 0 Å². The molecule has 2 aromatic heterocycles. The summed E-state index contributed by atoms with van der Waals surface area (Å²) in [5, 5.41) is 10.3. The van der Waals surface area contributed by atoms with Crippen LogP contribution in [0.15, 0.2) is 224 Å². The molecule has 13 rings (SSSR count). The zero-order chi connectivity index (χ0) is 52.3. The van der Waals surface area contributed by atoms with Crippen LogP contribution in [0.4, 0.5) is 0 Å². The van der Waals surface area contributed by atoms with Gasteiger partial charge in [-0.25, -0.2) is 0 Å². The van der Waals surface area contributed by atoms with Gasteiger partial charge in [-0.1, -0.05) is 203 Å². The molecule has 0 unspecified atom stereocenters. The third kappa shape index (κ3) is 7.93. The molecule has 0 N–H and O–H groups in total. The minimum absolute atomic E-state index is 0.0129. The molecule has 0 aliphatic heterocycles. The van der Waals surface area contributed by atoms with Gasteiger partial charge in [0.2, 0.25) is 0 Å². The summed E-state index contributed by atoms with van der Waals surface area (Å²) in [7, 11) is 0. The lowest BCUT2D eigenvalue weighted by Gasteiger charge is -2.24. The molecular formula is C74H64N2. The third-order valence-electron chi connectivity index (χ3n) is 16.0. The van der Waals surface area contributed by atoms with E-state index in [9.17, 15) is 0 Å². The Balaban J connectivity index is 0.826. The molecule has 0 aliphatic rings. The van der Waals surface area contributed by atoms with Gasteiger partial charge in [0.05, 0.1) is 0 Å². The molecule has 0 saturated carbocycles. The van der Waals surface area contributed by atoms with Gasteiger partial charge in [-0.05, 0) is 183 Å². The van der Waals surface area contributed by atoms with Gasteiger partial charge < -0.3 is 9.13 Å². The maximum absolute atomic E-state index is 2.48. The van der Waals surface area contributed by atoms with Gasteiger partial charge in [0, 0.05) is 54.7 Å².